The van der Waals surface area contributed by atoms with Gasteiger partial charge < -0.3 is 0 Å². The lowest BCUT2D eigenvalue weighted by Crippen LogP contribution is -2.10. The molecular formula is C22H17N5S. The summed E-state index contributed by atoms with van der Waals surface area (Å²) in [6.07, 6.45) is 0. The predicted octanol–water partition coefficient (Wildman–Crippen LogP) is 5.41. The number of anilines is 3. The van der Waals surface area contributed by atoms with Crippen molar-refractivity contribution in [3.63, 3.8) is 0 Å². The molecule has 0 aliphatic carbocycles. The second kappa shape index (κ2) is 7.25. The molecule has 136 valence electrons. The maximum atomic E-state index is 4.90. The van der Waals surface area contributed by atoms with Crippen molar-refractivity contribution >= 4 is 38.9 Å². The number of hydrogen-bond acceptors (Lipinski definition) is 5. The lowest BCUT2D eigenvalue weighted by atomic mass is 10.2. The van der Waals surface area contributed by atoms with E-state index in [1.165, 1.54) is 0 Å². The fourth-order valence-electron chi connectivity index (χ4n) is 3.18. The lowest BCUT2D eigenvalue weighted by molar-refractivity contribution is 0.660. The molecule has 0 aliphatic rings. The molecule has 0 amide bonds. The fourth-order valence-corrected chi connectivity index (χ4v) is 4.04. The van der Waals surface area contributed by atoms with Crippen LogP contribution in [0.2, 0.25) is 0 Å². The zero-order chi connectivity index (χ0) is 18.8. The highest BCUT2D eigenvalue weighted by Gasteiger charge is 2.16. The third-order valence-corrected chi connectivity index (χ3v) is 5.37. The van der Waals surface area contributed by atoms with Gasteiger partial charge in [-0.3, -0.25) is 4.90 Å². The van der Waals surface area contributed by atoms with Gasteiger partial charge in [0, 0.05) is 16.8 Å². The molecule has 2 aromatic heterocycles. The third-order valence-electron chi connectivity index (χ3n) is 4.49. The van der Waals surface area contributed by atoms with Crippen LogP contribution >= 0.6 is 11.3 Å². The van der Waals surface area contributed by atoms with E-state index in [2.05, 4.69) is 44.9 Å². The molecule has 5 nitrogen and oxygen atoms in total. The molecule has 0 spiro atoms. The molecule has 0 unspecified atom stereocenters. The van der Waals surface area contributed by atoms with E-state index in [1.807, 2.05) is 65.3 Å². The van der Waals surface area contributed by atoms with Crippen molar-refractivity contribution in [3.8, 4) is 0 Å². The van der Waals surface area contributed by atoms with Crippen LogP contribution in [0.3, 0.4) is 0 Å². The Kier molecular flexibility index (Phi) is 4.31. The van der Waals surface area contributed by atoms with Gasteiger partial charge in [0.1, 0.15) is 5.52 Å². The molecule has 2 heterocycles. The Hall–Kier alpha value is -3.51. The molecule has 3 aromatic carbocycles. The molecule has 0 fully saturated rings. The SMILES string of the molecule is c1ccc(N(c2ccccc2)c2nc(Cn3nnc4ccccc43)cs2)cc1. The van der Waals surface area contributed by atoms with E-state index in [0.29, 0.717) is 6.54 Å². The zero-order valence-electron chi connectivity index (χ0n) is 15.0. The molecule has 0 N–H and O–H groups in total. The van der Waals surface area contributed by atoms with Crippen LogP contribution in [0.5, 0.6) is 0 Å². The summed E-state index contributed by atoms with van der Waals surface area (Å²) in [5.74, 6) is 0. The van der Waals surface area contributed by atoms with Crippen LogP contribution in [-0.4, -0.2) is 20.0 Å². The van der Waals surface area contributed by atoms with Crippen molar-refractivity contribution < 1.29 is 0 Å². The van der Waals surface area contributed by atoms with E-state index in [1.54, 1.807) is 11.3 Å². The summed E-state index contributed by atoms with van der Waals surface area (Å²) in [6, 6.07) is 28.6. The summed E-state index contributed by atoms with van der Waals surface area (Å²) in [7, 11) is 0. The smallest absolute Gasteiger partial charge is 0.194 e. The standard InChI is InChI=1S/C22H17N5S/c1-3-9-18(10-4-1)27(19-11-5-2-6-12-19)22-23-17(16-28-22)15-26-21-14-8-7-13-20(21)24-25-26/h1-14,16H,15H2. The fraction of sp³-hybridized carbons (Fsp3) is 0.0455. The Balaban J connectivity index is 1.51. The second-order valence-electron chi connectivity index (χ2n) is 6.36. The van der Waals surface area contributed by atoms with Crippen LogP contribution in [0.25, 0.3) is 11.0 Å². The van der Waals surface area contributed by atoms with E-state index in [9.17, 15) is 0 Å². The number of para-hydroxylation sites is 3. The minimum Gasteiger partial charge on any atom is -0.286 e. The van der Waals surface area contributed by atoms with Crippen molar-refractivity contribution in [1.82, 2.24) is 20.0 Å². The minimum absolute atomic E-state index is 0.592. The highest BCUT2D eigenvalue weighted by molar-refractivity contribution is 7.14. The van der Waals surface area contributed by atoms with E-state index < -0.39 is 0 Å². The van der Waals surface area contributed by atoms with Crippen LogP contribution in [0.1, 0.15) is 5.69 Å². The maximum absolute atomic E-state index is 4.90. The number of thiazole rings is 1. The molecule has 0 bridgehead atoms. The largest absolute Gasteiger partial charge is 0.286 e. The summed E-state index contributed by atoms with van der Waals surface area (Å²) >= 11 is 1.63. The van der Waals surface area contributed by atoms with Crippen molar-refractivity contribution in [3.05, 3.63) is 96.0 Å². The Morgan fingerprint density at radius 3 is 2.14 bits per heavy atom. The van der Waals surface area contributed by atoms with Gasteiger partial charge in [0.2, 0.25) is 0 Å². The highest BCUT2D eigenvalue weighted by Crippen LogP contribution is 2.36. The lowest BCUT2D eigenvalue weighted by Gasteiger charge is -2.22. The van der Waals surface area contributed by atoms with Crippen LogP contribution in [0.15, 0.2) is 90.3 Å². The van der Waals surface area contributed by atoms with Gasteiger partial charge in [-0.25, -0.2) is 9.67 Å². The van der Waals surface area contributed by atoms with Gasteiger partial charge in [0.15, 0.2) is 5.13 Å². The molecule has 0 saturated heterocycles. The van der Waals surface area contributed by atoms with Crippen molar-refractivity contribution in [2.45, 2.75) is 6.54 Å². The van der Waals surface area contributed by atoms with Crippen LogP contribution < -0.4 is 4.90 Å². The van der Waals surface area contributed by atoms with E-state index in [4.69, 9.17) is 4.98 Å². The van der Waals surface area contributed by atoms with Crippen molar-refractivity contribution in [2.24, 2.45) is 0 Å². The average Bonchev–Trinajstić information content (AvgIpc) is 3.38. The van der Waals surface area contributed by atoms with Crippen molar-refractivity contribution in [1.29, 1.82) is 0 Å². The number of hydrogen-bond donors (Lipinski definition) is 0. The maximum Gasteiger partial charge on any atom is 0.194 e. The normalized spacial score (nSPS) is 11.0. The first-order valence-electron chi connectivity index (χ1n) is 9.01. The van der Waals surface area contributed by atoms with E-state index in [-0.39, 0.29) is 0 Å². The Labute approximate surface area is 166 Å². The number of fused-ring (bicyclic) bond motifs is 1. The Bertz CT molecular complexity index is 1160. The molecule has 5 rings (SSSR count). The summed E-state index contributed by atoms with van der Waals surface area (Å²) in [6.45, 7) is 0.592. The quantitative estimate of drug-likeness (QED) is 0.407. The van der Waals surface area contributed by atoms with Gasteiger partial charge >= 0.3 is 0 Å². The van der Waals surface area contributed by atoms with E-state index in [0.717, 1.165) is 33.2 Å². The Morgan fingerprint density at radius 1 is 0.786 bits per heavy atom. The first kappa shape index (κ1) is 16.6. The topological polar surface area (TPSA) is 46.8 Å². The number of aromatic nitrogens is 4. The zero-order valence-corrected chi connectivity index (χ0v) is 15.8. The Morgan fingerprint density at radius 2 is 1.43 bits per heavy atom. The predicted molar refractivity (Wildman–Crippen MR) is 113 cm³/mol. The summed E-state index contributed by atoms with van der Waals surface area (Å²) in [5.41, 5.74) is 5.04. The molecule has 0 radical (unpaired) electrons. The van der Waals surface area contributed by atoms with Gasteiger partial charge in [0.05, 0.1) is 17.8 Å². The molecule has 0 saturated carbocycles. The third kappa shape index (κ3) is 3.14. The average molecular weight is 383 g/mol. The van der Waals surface area contributed by atoms with Crippen molar-refractivity contribution in [2.75, 3.05) is 4.90 Å². The summed E-state index contributed by atoms with van der Waals surface area (Å²) in [4.78, 5) is 7.08. The number of nitrogens with zero attached hydrogens (tertiary/aromatic N) is 5. The van der Waals surface area contributed by atoms with E-state index >= 15 is 0 Å². The second-order valence-corrected chi connectivity index (χ2v) is 7.20. The van der Waals surface area contributed by atoms with Gasteiger partial charge in [-0.05, 0) is 36.4 Å². The van der Waals surface area contributed by atoms with Crippen LogP contribution in [-0.2, 0) is 6.54 Å². The first-order valence-corrected chi connectivity index (χ1v) is 9.89. The number of rotatable bonds is 5. The highest BCUT2D eigenvalue weighted by atomic mass is 32.1. The van der Waals surface area contributed by atoms with Gasteiger partial charge in [0.25, 0.3) is 0 Å². The molecule has 0 aliphatic heterocycles. The minimum atomic E-state index is 0.592. The molecule has 6 heteroatoms. The summed E-state index contributed by atoms with van der Waals surface area (Å²) < 4.78 is 1.89. The van der Waals surface area contributed by atoms with Crippen LogP contribution in [0.4, 0.5) is 16.5 Å². The monoisotopic (exact) mass is 383 g/mol. The molecule has 0 atom stereocenters. The molecule has 5 aromatic rings. The molecule has 28 heavy (non-hydrogen) atoms. The van der Waals surface area contributed by atoms with Crippen LogP contribution in [0, 0.1) is 0 Å². The van der Waals surface area contributed by atoms with Gasteiger partial charge in [-0.2, -0.15) is 0 Å². The number of benzene rings is 3. The molecular weight excluding hydrogens is 366 g/mol. The van der Waals surface area contributed by atoms with Gasteiger partial charge in [-0.1, -0.05) is 53.7 Å². The van der Waals surface area contributed by atoms with Gasteiger partial charge in [-0.15, -0.1) is 16.4 Å². The summed E-state index contributed by atoms with van der Waals surface area (Å²) in [5, 5.41) is 11.5. The first-order chi connectivity index (χ1) is 13.9.